The molecule has 2 aromatic rings. The molecule has 1 aliphatic rings. The van der Waals surface area contributed by atoms with Crippen molar-refractivity contribution in [2.75, 3.05) is 11.9 Å². The maximum absolute atomic E-state index is 13.1. The van der Waals surface area contributed by atoms with Gasteiger partial charge in [0, 0.05) is 24.4 Å². The van der Waals surface area contributed by atoms with Crippen LogP contribution in [0.25, 0.3) is 0 Å². The molecule has 1 aliphatic carbocycles. The number of aromatic nitrogens is 2. The molecule has 0 spiro atoms. The Hall–Kier alpha value is -1.97. The molecule has 1 N–H and O–H groups in total. The molecule has 1 fully saturated rings. The van der Waals surface area contributed by atoms with Gasteiger partial charge in [0.15, 0.2) is 0 Å². The van der Waals surface area contributed by atoms with Crippen molar-refractivity contribution in [3.63, 3.8) is 0 Å². The second-order valence-corrected chi connectivity index (χ2v) is 5.44. The lowest BCUT2D eigenvalue weighted by atomic mass is 9.79. The molecular formula is C16H18FN3. The van der Waals surface area contributed by atoms with E-state index in [2.05, 4.69) is 15.3 Å². The summed E-state index contributed by atoms with van der Waals surface area (Å²) in [6, 6.07) is 6.94. The molecule has 1 aromatic heterocycles. The van der Waals surface area contributed by atoms with E-state index in [1.54, 1.807) is 30.7 Å². The molecule has 3 nitrogen and oxygen atoms in total. The van der Waals surface area contributed by atoms with Gasteiger partial charge in [0.2, 0.25) is 0 Å². The number of rotatable bonds is 4. The average molecular weight is 271 g/mol. The molecule has 0 atom stereocenters. The average Bonchev–Trinajstić information content (AvgIpc) is 2.97. The van der Waals surface area contributed by atoms with Crippen LogP contribution in [0.15, 0.2) is 42.9 Å². The van der Waals surface area contributed by atoms with Gasteiger partial charge in [-0.3, -0.25) is 4.98 Å². The number of nitrogens with zero attached hydrogens (tertiary/aromatic N) is 2. The fraction of sp³-hybridized carbons (Fsp3) is 0.375. The van der Waals surface area contributed by atoms with Crippen molar-refractivity contribution < 1.29 is 4.39 Å². The monoisotopic (exact) mass is 271 g/mol. The highest BCUT2D eigenvalue weighted by molar-refractivity contribution is 5.35. The third-order valence-corrected chi connectivity index (χ3v) is 4.19. The number of anilines is 1. The van der Waals surface area contributed by atoms with Gasteiger partial charge >= 0.3 is 0 Å². The molecule has 0 unspecified atom stereocenters. The highest BCUT2D eigenvalue weighted by Gasteiger charge is 2.35. The first-order valence-corrected chi connectivity index (χ1v) is 7.04. The summed E-state index contributed by atoms with van der Waals surface area (Å²) in [5.41, 5.74) is 1.30. The first kappa shape index (κ1) is 13.0. The first-order valence-electron chi connectivity index (χ1n) is 7.04. The summed E-state index contributed by atoms with van der Waals surface area (Å²) >= 11 is 0. The van der Waals surface area contributed by atoms with Crippen LogP contribution in [-0.2, 0) is 5.41 Å². The molecule has 104 valence electrons. The molecule has 0 radical (unpaired) electrons. The normalized spacial score (nSPS) is 17.1. The van der Waals surface area contributed by atoms with Crippen LogP contribution in [-0.4, -0.2) is 16.5 Å². The lowest BCUT2D eigenvalue weighted by Gasteiger charge is -2.30. The lowest BCUT2D eigenvalue weighted by molar-refractivity contribution is 0.465. The van der Waals surface area contributed by atoms with Gasteiger partial charge in [-0.2, -0.15) is 0 Å². The topological polar surface area (TPSA) is 37.8 Å². The van der Waals surface area contributed by atoms with Crippen LogP contribution < -0.4 is 5.32 Å². The van der Waals surface area contributed by atoms with Crippen molar-refractivity contribution >= 4 is 5.82 Å². The third-order valence-electron chi connectivity index (χ3n) is 4.19. The van der Waals surface area contributed by atoms with E-state index >= 15 is 0 Å². The van der Waals surface area contributed by atoms with Gasteiger partial charge in [0.05, 0.1) is 6.20 Å². The maximum atomic E-state index is 13.1. The fourth-order valence-corrected chi connectivity index (χ4v) is 3.07. The zero-order chi connectivity index (χ0) is 13.8. The van der Waals surface area contributed by atoms with Crippen molar-refractivity contribution in [1.29, 1.82) is 0 Å². The van der Waals surface area contributed by atoms with E-state index in [0.717, 1.165) is 25.2 Å². The van der Waals surface area contributed by atoms with Crippen molar-refractivity contribution in [3.8, 4) is 0 Å². The van der Waals surface area contributed by atoms with Crippen molar-refractivity contribution in [2.24, 2.45) is 0 Å². The van der Waals surface area contributed by atoms with Crippen LogP contribution in [0, 0.1) is 5.82 Å². The molecule has 1 heterocycles. The van der Waals surface area contributed by atoms with Crippen LogP contribution in [0.4, 0.5) is 10.2 Å². The second kappa shape index (κ2) is 5.57. The van der Waals surface area contributed by atoms with Gasteiger partial charge in [-0.05, 0) is 30.5 Å². The number of nitrogens with one attached hydrogen (secondary N) is 1. The zero-order valence-electron chi connectivity index (χ0n) is 11.3. The van der Waals surface area contributed by atoms with E-state index in [0.29, 0.717) is 0 Å². The standard InChI is InChI=1S/C16H18FN3/c17-14-5-3-13(4-6-14)16(7-1-2-8-16)12-20-15-11-18-9-10-19-15/h3-6,9-11H,1-2,7-8,12H2,(H,19,20). The number of hydrogen-bond acceptors (Lipinski definition) is 3. The van der Waals surface area contributed by atoms with E-state index in [9.17, 15) is 4.39 Å². The molecule has 0 aliphatic heterocycles. The number of halogens is 1. The van der Waals surface area contributed by atoms with E-state index in [4.69, 9.17) is 0 Å². The van der Waals surface area contributed by atoms with Crippen LogP contribution in [0.1, 0.15) is 31.2 Å². The Morgan fingerprint density at radius 1 is 1.10 bits per heavy atom. The van der Waals surface area contributed by atoms with Gasteiger partial charge in [0.1, 0.15) is 11.6 Å². The van der Waals surface area contributed by atoms with Gasteiger partial charge in [-0.1, -0.05) is 25.0 Å². The van der Waals surface area contributed by atoms with Crippen molar-refractivity contribution in [3.05, 3.63) is 54.2 Å². The summed E-state index contributed by atoms with van der Waals surface area (Å²) in [4.78, 5) is 8.31. The lowest BCUT2D eigenvalue weighted by Crippen LogP contribution is -2.31. The second-order valence-electron chi connectivity index (χ2n) is 5.44. The van der Waals surface area contributed by atoms with E-state index in [-0.39, 0.29) is 11.2 Å². The Kier molecular flexibility index (Phi) is 3.63. The quantitative estimate of drug-likeness (QED) is 0.924. The molecule has 0 bridgehead atoms. The predicted molar refractivity (Wildman–Crippen MR) is 77.1 cm³/mol. The van der Waals surface area contributed by atoms with Crippen LogP contribution in [0.2, 0.25) is 0 Å². The van der Waals surface area contributed by atoms with Crippen LogP contribution in [0.5, 0.6) is 0 Å². The summed E-state index contributed by atoms with van der Waals surface area (Å²) in [7, 11) is 0. The van der Waals surface area contributed by atoms with Gasteiger partial charge in [-0.25, -0.2) is 9.37 Å². The van der Waals surface area contributed by atoms with Crippen LogP contribution in [0.3, 0.4) is 0 Å². The SMILES string of the molecule is Fc1ccc(C2(CNc3cnccn3)CCCC2)cc1. The smallest absolute Gasteiger partial charge is 0.144 e. The summed E-state index contributed by atoms with van der Waals surface area (Å²) < 4.78 is 13.1. The largest absolute Gasteiger partial charge is 0.368 e. The van der Waals surface area contributed by atoms with E-state index in [1.165, 1.54) is 18.4 Å². The third kappa shape index (κ3) is 2.64. The predicted octanol–water partition coefficient (Wildman–Crippen LogP) is 3.54. The van der Waals surface area contributed by atoms with Gasteiger partial charge < -0.3 is 5.32 Å². The molecule has 4 heteroatoms. The molecule has 1 saturated carbocycles. The van der Waals surface area contributed by atoms with Crippen LogP contribution >= 0.6 is 0 Å². The molecule has 0 amide bonds. The molecule has 3 rings (SSSR count). The van der Waals surface area contributed by atoms with Gasteiger partial charge in [-0.15, -0.1) is 0 Å². The first-order chi connectivity index (χ1) is 9.78. The number of benzene rings is 1. The minimum atomic E-state index is -0.177. The summed E-state index contributed by atoms with van der Waals surface area (Å²) in [6.45, 7) is 0.817. The van der Waals surface area contributed by atoms with Crippen molar-refractivity contribution in [2.45, 2.75) is 31.1 Å². The molecule has 1 aromatic carbocycles. The zero-order valence-corrected chi connectivity index (χ0v) is 11.3. The summed E-state index contributed by atoms with van der Waals surface area (Å²) in [5, 5.41) is 3.37. The van der Waals surface area contributed by atoms with E-state index in [1.807, 2.05) is 12.1 Å². The fourth-order valence-electron chi connectivity index (χ4n) is 3.07. The minimum absolute atomic E-state index is 0.0885. The number of hydrogen-bond donors (Lipinski definition) is 1. The highest BCUT2D eigenvalue weighted by Crippen LogP contribution is 2.41. The minimum Gasteiger partial charge on any atom is -0.368 e. The Balaban J connectivity index is 1.79. The Bertz CT molecular complexity index is 548. The Morgan fingerprint density at radius 2 is 1.85 bits per heavy atom. The Morgan fingerprint density at radius 3 is 2.50 bits per heavy atom. The highest BCUT2D eigenvalue weighted by atomic mass is 19.1. The van der Waals surface area contributed by atoms with Crippen molar-refractivity contribution in [1.82, 2.24) is 9.97 Å². The van der Waals surface area contributed by atoms with Gasteiger partial charge in [0.25, 0.3) is 0 Å². The molecule has 20 heavy (non-hydrogen) atoms. The van der Waals surface area contributed by atoms with E-state index < -0.39 is 0 Å². The Labute approximate surface area is 118 Å². The maximum Gasteiger partial charge on any atom is 0.144 e. The molecule has 0 saturated heterocycles. The molecular weight excluding hydrogens is 253 g/mol. The summed E-state index contributed by atoms with van der Waals surface area (Å²) in [5.74, 6) is 0.615. The summed E-state index contributed by atoms with van der Waals surface area (Å²) in [6.07, 6.45) is 9.78.